The van der Waals surface area contributed by atoms with Gasteiger partial charge >= 0.3 is 0 Å². The number of ether oxygens (including phenoxy) is 1. The molecule has 0 aliphatic carbocycles. The molecule has 14 heavy (non-hydrogen) atoms. The van der Waals surface area contributed by atoms with Crippen LogP contribution in [0.3, 0.4) is 0 Å². The van der Waals surface area contributed by atoms with Crippen molar-refractivity contribution in [3.05, 3.63) is 22.2 Å². The van der Waals surface area contributed by atoms with E-state index < -0.39 is 0 Å². The highest BCUT2D eigenvalue weighted by molar-refractivity contribution is 9.10. The largest absolute Gasteiger partial charge is 0.497 e. The van der Waals surface area contributed by atoms with E-state index in [1.165, 1.54) is 6.92 Å². The van der Waals surface area contributed by atoms with Gasteiger partial charge in [0.25, 0.3) is 0 Å². The van der Waals surface area contributed by atoms with Crippen molar-refractivity contribution in [2.24, 2.45) is 0 Å². The Bertz CT molecular complexity index is 340. The highest BCUT2D eigenvalue weighted by Crippen LogP contribution is 2.30. The van der Waals surface area contributed by atoms with Crippen LogP contribution >= 0.6 is 15.9 Å². The summed E-state index contributed by atoms with van der Waals surface area (Å²) < 4.78 is 5.92. The van der Waals surface area contributed by atoms with Crippen LogP contribution in [-0.2, 0) is 4.79 Å². The topological polar surface area (TPSA) is 38.3 Å². The second kappa shape index (κ2) is 4.46. The Morgan fingerprint density at radius 1 is 1.50 bits per heavy atom. The lowest BCUT2D eigenvalue weighted by Crippen LogP contribution is -2.07. The summed E-state index contributed by atoms with van der Waals surface area (Å²) in [5.41, 5.74) is 1.75. The molecular weight excluding hydrogens is 246 g/mol. The third-order valence-electron chi connectivity index (χ3n) is 1.80. The number of hydrogen-bond donors (Lipinski definition) is 1. The lowest BCUT2D eigenvalue weighted by atomic mass is 10.2. The molecule has 76 valence electrons. The summed E-state index contributed by atoms with van der Waals surface area (Å²) in [7, 11) is 1.61. The number of methoxy groups -OCH3 is 1. The van der Waals surface area contributed by atoms with Crippen molar-refractivity contribution in [3.8, 4) is 5.75 Å². The van der Waals surface area contributed by atoms with Crippen LogP contribution in [0.4, 0.5) is 5.69 Å². The first-order chi connectivity index (χ1) is 6.54. The third kappa shape index (κ3) is 2.48. The maximum atomic E-state index is 10.9. The fourth-order valence-electron chi connectivity index (χ4n) is 1.16. The van der Waals surface area contributed by atoms with E-state index in [1.54, 1.807) is 7.11 Å². The summed E-state index contributed by atoms with van der Waals surface area (Å²) in [6, 6.07) is 3.69. The van der Waals surface area contributed by atoms with E-state index in [-0.39, 0.29) is 5.91 Å². The molecule has 0 radical (unpaired) electrons. The Labute approximate surface area is 91.6 Å². The average molecular weight is 258 g/mol. The molecule has 0 fully saturated rings. The van der Waals surface area contributed by atoms with E-state index in [0.717, 1.165) is 21.5 Å². The van der Waals surface area contributed by atoms with Crippen molar-refractivity contribution < 1.29 is 9.53 Å². The molecule has 1 rings (SSSR count). The number of benzene rings is 1. The molecule has 4 heteroatoms. The fourth-order valence-corrected chi connectivity index (χ4v) is 1.80. The predicted octanol–water partition coefficient (Wildman–Crippen LogP) is 2.72. The quantitative estimate of drug-likeness (QED) is 0.885. The lowest BCUT2D eigenvalue weighted by molar-refractivity contribution is -0.114. The first-order valence-corrected chi connectivity index (χ1v) is 4.95. The zero-order valence-electron chi connectivity index (χ0n) is 8.35. The van der Waals surface area contributed by atoms with Crippen molar-refractivity contribution in [2.75, 3.05) is 12.4 Å². The highest BCUT2D eigenvalue weighted by atomic mass is 79.9. The van der Waals surface area contributed by atoms with Crippen LogP contribution in [0, 0.1) is 6.92 Å². The van der Waals surface area contributed by atoms with Gasteiger partial charge in [-0.1, -0.05) is 0 Å². The van der Waals surface area contributed by atoms with Crippen LogP contribution in [0.25, 0.3) is 0 Å². The Morgan fingerprint density at radius 2 is 2.14 bits per heavy atom. The minimum Gasteiger partial charge on any atom is -0.497 e. The zero-order valence-corrected chi connectivity index (χ0v) is 9.94. The van der Waals surface area contributed by atoms with Crippen LogP contribution in [0.15, 0.2) is 16.6 Å². The van der Waals surface area contributed by atoms with Gasteiger partial charge in [-0.3, -0.25) is 4.79 Å². The number of aryl methyl sites for hydroxylation is 1. The maximum Gasteiger partial charge on any atom is 0.221 e. The number of carbonyl (C=O) groups is 1. The van der Waals surface area contributed by atoms with Gasteiger partial charge in [0.05, 0.1) is 12.8 Å². The molecule has 1 aromatic rings. The van der Waals surface area contributed by atoms with Crippen LogP contribution in [0.5, 0.6) is 5.75 Å². The highest BCUT2D eigenvalue weighted by Gasteiger charge is 2.07. The Kier molecular flexibility index (Phi) is 3.52. The number of hydrogen-bond acceptors (Lipinski definition) is 2. The molecule has 0 saturated heterocycles. The molecule has 0 bridgehead atoms. The number of nitrogens with one attached hydrogen (secondary N) is 1. The number of rotatable bonds is 2. The average Bonchev–Trinajstić information content (AvgIpc) is 2.10. The Hall–Kier alpha value is -1.03. The molecule has 0 unspecified atom stereocenters. The Balaban J connectivity index is 3.11. The molecule has 0 heterocycles. The summed E-state index contributed by atoms with van der Waals surface area (Å²) in [5.74, 6) is 0.683. The molecular formula is C10H12BrNO2. The van der Waals surface area contributed by atoms with Gasteiger partial charge in [-0.2, -0.15) is 0 Å². The molecule has 3 nitrogen and oxygen atoms in total. The first kappa shape index (κ1) is 11.0. The van der Waals surface area contributed by atoms with E-state index >= 15 is 0 Å². The number of halogens is 1. The number of amides is 1. The van der Waals surface area contributed by atoms with E-state index in [0.29, 0.717) is 0 Å². The number of anilines is 1. The molecule has 1 N–H and O–H groups in total. The van der Waals surface area contributed by atoms with Gasteiger partial charge in [-0.25, -0.2) is 0 Å². The van der Waals surface area contributed by atoms with Crippen LogP contribution in [0.1, 0.15) is 12.5 Å². The van der Waals surface area contributed by atoms with Crippen molar-refractivity contribution >= 4 is 27.5 Å². The number of carbonyl (C=O) groups excluding carboxylic acids is 1. The summed E-state index contributed by atoms with van der Waals surface area (Å²) in [4.78, 5) is 10.9. The second-order valence-electron chi connectivity index (χ2n) is 2.98. The fraction of sp³-hybridized carbons (Fsp3) is 0.300. The van der Waals surface area contributed by atoms with Gasteiger partial charge in [0.15, 0.2) is 0 Å². The van der Waals surface area contributed by atoms with Crippen LogP contribution in [-0.4, -0.2) is 13.0 Å². The normalized spacial score (nSPS) is 9.71. The van der Waals surface area contributed by atoms with Gasteiger partial charge in [0.2, 0.25) is 5.91 Å². The van der Waals surface area contributed by atoms with Gasteiger partial charge in [-0.05, 0) is 40.5 Å². The van der Waals surface area contributed by atoms with Crippen molar-refractivity contribution in [1.82, 2.24) is 0 Å². The van der Waals surface area contributed by atoms with E-state index in [9.17, 15) is 4.79 Å². The van der Waals surface area contributed by atoms with Gasteiger partial charge in [0.1, 0.15) is 5.75 Å². The predicted molar refractivity (Wildman–Crippen MR) is 59.7 cm³/mol. The van der Waals surface area contributed by atoms with Gasteiger partial charge < -0.3 is 10.1 Å². The molecule has 0 saturated carbocycles. The molecule has 1 aromatic carbocycles. The molecule has 0 aliphatic heterocycles. The summed E-state index contributed by atoms with van der Waals surface area (Å²) in [6.45, 7) is 3.40. The van der Waals surface area contributed by atoms with Crippen molar-refractivity contribution in [2.45, 2.75) is 13.8 Å². The van der Waals surface area contributed by atoms with Crippen LogP contribution in [0.2, 0.25) is 0 Å². The van der Waals surface area contributed by atoms with Gasteiger partial charge in [0, 0.05) is 11.4 Å². The molecule has 0 aliphatic rings. The molecule has 0 spiro atoms. The van der Waals surface area contributed by atoms with E-state index in [2.05, 4.69) is 21.2 Å². The van der Waals surface area contributed by atoms with Gasteiger partial charge in [-0.15, -0.1) is 0 Å². The first-order valence-electron chi connectivity index (χ1n) is 4.16. The summed E-state index contributed by atoms with van der Waals surface area (Å²) >= 11 is 3.37. The molecule has 0 aromatic heterocycles. The molecule has 0 atom stereocenters. The summed E-state index contributed by atoms with van der Waals surface area (Å²) in [6.07, 6.45) is 0. The monoisotopic (exact) mass is 257 g/mol. The minimum atomic E-state index is -0.0843. The third-order valence-corrected chi connectivity index (χ3v) is 2.42. The van der Waals surface area contributed by atoms with Crippen LogP contribution < -0.4 is 10.1 Å². The van der Waals surface area contributed by atoms with Crippen molar-refractivity contribution in [3.63, 3.8) is 0 Å². The lowest BCUT2D eigenvalue weighted by Gasteiger charge is -2.10. The Morgan fingerprint density at radius 3 is 2.57 bits per heavy atom. The van der Waals surface area contributed by atoms with Crippen molar-refractivity contribution in [1.29, 1.82) is 0 Å². The molecule has 1 amide bonds. The minimum absolute atomic E-state index is 0.0843. The van der Waals surface area contributed by atoms with E-state index in [1.807, 2.05) is 19.1 Å². The summed E-state index contributed by atoms with van der Waals surface area (Å²) in [5, 5.41) is 2.75. The second-order valence-corrected chi connectivity index (χ2v) is 3.84. The SMILES string of the molecule is COc1cc(C)c(NC(C)=O)c(Br)c1. The maximum absolute atomic E-state index is 10.9. The zero-order chi connectivity index (χ0) is 10.7. The smallest absolute Gasteiger partial charge is 0.221 e. The van der Waals surface area contributed by atoms with E-state index in [4.69, 9.17) is 4.74 Å². The standard InChI is InChI=1S/C10H12BrNO2/c1-6-4-8(14-3)5-9(11)10(6)12-7(2)13/h4-5H,1-3H3,(H,12,13).